The van der Waals surface area contributed by atoms with Crippen LogP contribution in [0.1, 0.15) is 5.56 Å². The second-order valence-electron chi connectivity index (χ2n) is 6.48. The third-order valence-electron chi connectivity index (χ3n) is 4.68. The lowest BCUT2D eigenvalue weighted by Gasteiger charge is -2.38. The minimum absolute atomic E-state index is 0.0849. The fraction of sp³-hybridized carbons (Fsp3) is 0.263. The smallest absolute Gasteiger partial charge is 0.263 e. The summed E-state index contributed by atoms with van der Waals surface area (Å²) in [5, 5.41) is 9.11. The molecule has 1 saturated heterocycles. The van der Waals surface area contributed by atoms with Crippen molar-refractivity contribution in [3.05, 3.63) is 60.2 Å². The van der Waals surface area contributed by atoms with Gasteiger partial charge in [-0.3, -0.25) is 14.8 Å². The van der Waals surface area contributed by atoms with Crippen LogP contribution in [0.25, 0.3) is 0 Å². The fourth-order valence-electron chi connectivity index (χ4n) is 3.13. The van der Waals surface area contributed by atoms with Gasteiger partial charge in [-0.1, -0.05) is 30.3 Å². The molecule has 2 aromatic carbocycles. The van der Waals surface area contributed by atoms with Crippen molar-refractivity contribution in [1.29, 1.82) is 0 Å². The number of amides is 2. The summed E-state index contributed by atoms with van der Waals surface area (Å²) in [5.74, 6) is -0.877. The molecule has 1 unspecified atom stereocenters. The van der Waals surface area contributed by atoms with Crippen molar-refractivity contribution >= 4 is 21.8 Å². The van der Waals surface area contributed by atoms with E-state index >= 15 is 0 Å². The second kappa shape index (κ2) is 8.60. The number of ether oxygens (including phenoxy) is 1. The maximum absolute atomic E-state index is 13.1. The zero-order valence-corrected chi connectivity index (χ0v) is 16.5. The summed E-state index contributed by atoms with van der Waals surface area (Å²) in [7, 11) is -2.71. The molecule has 29 heavy (non-hydrogen) atoms. The molecule has 0 aliphatic carbocycles. The summed E-state index contributed by atoms with van der Waals surface area (Å²) in [4.78, 5) is 26.2. The van der Waals surface area contributed by atoms with E-state index in [1.54, 1.807) is 0 Å². The number of sulfonamides is 1. The van der Waals surface area contributed by atoms with Crippen LogP contribution < -0.4 is 10.2 Å². The average molecular weight is 419 g/mol. The van der Waals surface area contributed by atoms with Crippen LogP contribution in [0.3, 0.4) is 0 Å². The monoisotopic (exact) mass is 419 g/mol. The molecule has 0 spiro atoms. The number of methoxy groups -OCH3 is 1. The first-order valence-corrected chi connectivity index (χ1v) is 10.2. The standard InChI is InChI=1S/C19H21N3O6S/c1-28-15-7-9-16(10-8-15)29(26,27)22-13-18(23)21(12-17(22)19(24)20-25)11-14-5-3-2-4-6-14/h2-10,17,25H,11-13H2,1H3,(H,20,24). The lowest BCUT2D eigenvalue weighted by atomic mass is 10.1. The number of hydrogen-bond donors (Lipinski definition) is 2. The van der Waals surface area contributed by atoms with E-state index in [2.05, 4.69) is 0 Å². The highest BCUT2D eigenvalue weighted by Gasteiger charge is 2.43. The highest BCUT2D eigenvalue weighted by Crippen LogP contribution is 2.25. The van der Waals surface area contributed by atoms with Gasteiger partial charge in [-0.15, -0.1) is 0 Å². The molecular weight excluding hydrogens is 398 g/mol. The van der Waals surface area contributed by atoms with Crippen LogP contribution in [-0.4, -0.2) is 60.9 Å². The molecule has 1 aliphatic rings. The minimum Gasteiger partial charge on any atom is -0.497 e. The Hall–Kier alpha value is -2.95. The van der Waals surface area contributed by atoms with Gasteiger partial charge in [0.05, 0.1) is 18.6 Å². The van der Waals surface area contributed by atoms with Crippen LogP contribution >= 0.6 is 0 Å². The van der Waals surface area contributed by atoms with Crippen LogP contribution in [0, 0.1) is 0 Å². The van der Waals surface area contributed by atoms with Gasteiger partial charge >= 0.3 is 0 Å². The largest absolute Gasteiger partial charge is 0.497 e. The van der Waals surface area contributed by atoms with E-state index in [9.17, 15) is 18.0 Å². The summed E-state index contributed by atoms with van der Waals surface area (Å²) < 4.78 is 32.0. The van der Waals surface area contributed by atoms with Gasteiger partial charge in [0.25, 0.3) is 5.91 Å². The number of nitrogens with zero attached hydrogens (tertiary/aromatic N) is 2. The van der Waals surface area contributed by atoms with E-state index in [4.69, 9.17) is 9.94 Å². The number of hydrogen-bond acceptors (Lipinski definition) is 6. The van der Waals surface area contributed by atoms with E-state index in [1.165, 1.54) is 41.8 Å². The summed E-state index contributed by atoms with van der Waals surface area (Å²) >= 11 is 0. The van der Waals surface area contributed by atoms with Crippen LogP contribution in [0.2, 0.25) is 0 Å². The number of hydroxylamine groups is 1. The van der Waals surface area contributed by atoms with E-state index in [1.807, 2.05) is 30.3 Å². The van der Waals surface area contributed by atoms with Crippen LogP contribution in [0.4, 0.5) is 0 Å². The maximum Gasteiger partial charge on any atom is 0.263 e. The normalized spacial score (nSPS) is 17.8. The first-order chi connectivity index (χ1) is 13.9. The zero-order chi connectivity index (χ0) is 21.0. The Bertz CT molecular complexity index is 979. The van der Waals surface area contributed by atoms with Crippen molar-refractivity contribution in [3.63, 3.8) is 0 Å². The van der Waals surface area contributed by atoms with Gasteiger partial charge in [0.1, 0.15) is 11.8 Å². The van der Waals surface area contributed by atoms with Crippen LogP contribution in [0.5, 0.6) is 5.75 Å². The highest BCUT2D eigenvalue weighted by atomic mass is 32.2. The lowest BCUT2D eigenvalue weighted by Crippen LogP contribution is -2.61. The van der Waals surface area contributed by atoms with Gasteiger partial charge in [-0.2, -0.15) is 4.31 Å². The van der Waals surface area contributed by atoms with Gasteiger partial charge in [0.2, 0.25) is 15.9 Å². The third kappa shape index (κ3) is 4.39. The van der Waals surface area contributed by atoms with Gasteiger partial charge in [-0.25, -0.2) is 13.9 Å². The quantitative estimate of drug-likeness (QED) is 0.523. The molecule has 2 amide bonds. The van der Waals surface area contributed by atoms with Crippen molar-refractivity contribution in [2.75, 3.05) is 20.2 Å². The highest BCUT2D eigenvalue weighted by molar-refractivity contribution is 7.89. The first kappa shape index (κ1) is 20.8. The Morgan fingerprint density at radius 1 is 1.17 bits per heavy atom. The van der Waals surface area contributed by atoms with Gasteiger partial charge < -0.3 is 9.64 Å². The minimum atomic E-state index is -4.16. The Kier molecular flexibility index (Phi) is 6.16. The van der Waals surface area contributed by atoms with Crippen molar-refractivity contribution < 1.29 is 28.0 Å². The predicted octanol–water partition coefficient (Wildman–Crippen LogP) is 0.602. The molecule has 1 atom stereocenters. The van der Waals surface area contributed by atoms with E-state index < -0.39 is 34.4 Å². The molecule has 0 radical (unpaired) electrons. The number of carbonyl (C=O) groups is 2. The third-order valence-corrected chi connectivity index (χ3v) is 6.55. The molecule has 0 saturated carbocycles. The van der Waals surface area contributed by atoms with E-state index in [-0.39, 0.29) is 18.0 Å². The number of piperazine rings is 1. The van der Waals surface area contributed by atoms with Gasteiger partial charge in [-0.05, 0) is 29.8 Å². The number of rotatable bonds is 6. The summed E-state index contributed by atoms with van der Waals surface area (Å²) in [5.41, 5.74) is 2.35. The molecule has 9 nitrogen and oxygen atoms in total. The molecule has 2 N–H and O–H groups in total. The number of carbonyl (C=O) groups excluding carboxylic acids is 2. The zero-order valence-electron chi connectivity index (χ0n) is 15.7. The Balaban J connectivity index is 1.89. The van der Waals surface area contributed by atoms with Gasteiger partial charge in [0.15, 0.2) is 0 Å². The second-order valence-corrected chi connectivity index (χ2v) is 8.37. The van der Waals surface area contributed by atoms with Crippen molar-refractivity contribution in [2.24, 2.45) is 0 Å². The average Bonchev–Trinajstić information content (AvgIpc) is 2.75. The SMILES string of the molecule is COc1ccc(S(=O)(=O)N2CC(=O)N(Cc3ccccc3)CC2C(=O)NO)cc1. The molecule has 1 heterocycles. The van der Waals surface area contributed by atoms with E-state index in [0.29, 0.717) is 5.75 Å². The van der Waals surface area contributed by atoms with Crippen LogP contribution in [-0.2, 0) is 26.2 Å². The Morgan fingerprint density at radius 3 is 2.41 bits per heavy atom. The molecule has 10 heteroatoms. The van der Waals surface area contributed by atoms with Crippen LogP contribution in [0.15, 0.2) is 59.5 Å². The Morgan fingerprint density at radius 2 is 1.83 bits per heavy atom. The molecular formula is C19H21N3O6S. The fourth-order valence-corrected chi connectivity index (χ4v) is 4.65. The van der Waals surface area contributed by atoms with Crippen molar-refractivity contribution in [2.45, 2.75) is 17.5 Å². The summed E-state index contributed by atoms with van der Waals surface area (Å²) in [6, 6.07) is 13.5. The molecule has 154 valence electrons. The topological polar surface area (TPSA) is 116 Å². The van der Waals surface area contributed by atoms with Gasteiger partial charge in [0, 0.05) is 13.1 Å². The molecule has 1 aliphatic heterocycles. The predicted molar refractivity (Wildman–Crippen MR) is 102 cm³/mol. The van der Waals surface area contributed by atoms with E-state index in [0.717, 1.165) is 9.87 Å². The number of benzene rings is 2. The van der Waals surface area contributed by atoms with Crippen molar-refractivity contribution in [1.82, 2.24) is 14.7 Å². The summed E-state index contributed by atoms with van der Waals surface area (Å²) in [6.45, 7) is -0.472. The molecule has 2 aromatic rings. The number of nitrogens with one attached hydrogen (secondary N) is 1. The Labute approximate surface area is 168 Å². The summed E-state index contributed by atoms with van der Waals surface area (Å²) in [6.07, 6.45) is 0. The molecule has 3 rings (SSSR count). The molecule has 1 fully saturated rings. The lowest BCUT2D eigenvalue weighted by molar-refractivity contribution is -0.143. The van der Waals surface area contributed by atoms with Crippen molar-refractivity contribution in [3.8, 4) is 5.75 Å². The maximum atomic E-state index is 13.1. The molecule has 0 aromatic heterocycles. The molecule has 0 bridgehead atoms. The first-order valence-electron chi connectivity index (χ1n) is 8.78.